The molecule has 0 spiro atoms. The van der Waals surface area contributed by atoms with Crippen LogP contribution in [0, 0.1) is 11.8 Å². The summed E-state index contributed by atoms with van der Waals surface area (Å²) in [5.74, 6) is -2.63. The Hall–Kier alpha value is -1.32. The summed E-state index contributed by atoms with van der Waals surface area (Å²) in [6.45, 7) is 1.03. The first kappa shape index (κ1) is 18.0. The Morgan fingerprint density at radius 1 is 1.35 bits per heavy atom. The molecule has 0 aromatic heterocycles. The number of alkyl halides is 3. The van der Waals surface area contributed by atoms with Crippen LogP contribution in [0.3, 0.4) is 0 Å². The van der Waals surface area contributed by atoms with Crippen LogP contribution in [0.25, 0.3) is 0 Å². The lowest BCUT2D eigenvalue weighted by Crippen LogP contribution is -2.31. The second-order valence-electron chi connectivity index (χ2n) is 5.38. The van der Waals surface area contributed by atoms with Crippen LogP contribution in [0.1, 0.15) is 12.5 Å². The molecule has 10 heteroatoms. The number of carbonyl (C=O) groups is 1. The number of sulfonamides is 1. The molecular formula is C13H13ClF3NO4S. The highest BCUT2D eigenvalue weighted by Crippen LogP contribution is 2.38. The Balaban J connectivity index is 2.48. The number of rotatable bonds is 3. The average Bonchev–Trinajstić information content (AvgIpc) is 2.80. The minimum absolute atomic E-state index is 0.154. The number of hydrogen-bond donors (Lipinski definition) is 1. The molecule has 128 valence electrons. The van der Waals surface area contributed by atoms with E-state index in [2.05, 4.69) is 0 Å². The maximum Gasteiger partial charge on any atom is 0.417 e. The lowest BCUT2D eigenvalue weighted by molar-refractivity contribution is -0.142. The predicted molar refractivity (Wildman–Crippen MR) is 75.5 cm³/mol. The summed E-state index contributed by atoms with van der Waals surface area (Å²) in [6.07, 6.45) is -4.90. The van der Waals surface area contributed by atoms with Gasteiger partial charge in [-0.05, 0) is 24.1 Å². The average molecular weight is 372 g/mol. The van der Waals surface area contributed by atoms with E-state index in [0.29, 0.717) is 6.07 Å². The fourth-order valence-corrected chi connectivity index (χ4v) is 4.46. The van der Waals surface area contributed by atoms with Gasteiger partial charge in [-0.25, -0.2) is 8.42 Å². The van der Waals surface area contributed by atoms with Gasteiger partial charge in [0.2, 0.25) is 10.0 Å². The summed E-state index contributed by atoms with van der Waals surface area (Å²) in [5.41, 5.74) is -1.36. The third-order valence-electron chi connectivity index (χ3n) is 3.76. The molecule has 5 nitrogen and oxygen atoms in total. The second kappa shape index (κ2) is 5.95. The fourth-order valence-electron chi connectivity index (χ4n) is 2.53. The van der Waals surface area contributed by atoms with Crippen molar-refractivity contribution < 1.29 is 31.5 Å². The summed E-state index contributed by atoms with van der Waals surface area (Å²) in [6, 6.07) is 2.39. The van der Waals surface area contributed by atoms with Crippen LogP contribution in [-0.2, 0) is 21.0 Å². The van der Waals surface area contributed by atoms with E-state index in [1.165, 1.54) is 0 Å². The van der Waals surface area contributed by atoms with E-state index in [1.807, 2.05) is 0 Å². The quantitative estimate of drug-likeness (QED) is 0.886. The molecule has 2 rings (SSSR count). The van der Waals surface area contributed by atoms with Gasteiger partial charge in [0.25, 0.3) is 0 Å². The third-order valence-corrected chi connectivity index (χ3v) is 5.89. The molecule has 0 aliphatic carbocycles. The molecule has 0 saturated carbocycles. The van der Waals surface area contributed by atoms with Gasteiger partial charge in [-0.1, -0.05) is 18.5 Å². The zero-order valence-corrected chi connectivity index (χ0v) is 13.4. The normalized spacial score (nSPS) is 23.2. The molecule has 0 radical (unpaired) electrons. The summed E-state index contributed by atoms with van der Waals surface area (Å²) in [7, 11) is -4.48. The first-order valence-electron chi connectivity index (χ1n) is 6.54. The molecule has 1 aromatic carbocycles. The third kappa shape index (κ3) is 3.46. The van der Waals surface area contributed by atoms with E-state index in [9.17, 15) is 26.4 Å². The SMILES string of the molecule is C[C@@H]1CN(S(=O)(=O)c2ccc(Cl)cc2C(F)(F)F)C[C@H]1C(=O)O. The molecule has 1 N–H and O–H groups in total. The van der Waals surface area contributed by atoms with Gasteiger partial charge in [-0.15, -0.1) is 0 Å². The van der Waals surface area contributed by atoms with E-state index < -0.39 is 44.5 Å². The smallest absolute Gasteiger partial charge is 0.417 e. The van der Waals surface area contributed by atoms with Crippen LogP contribution >= 0.6 is 11.6 Å². The number of carboxylic acid groups (broad SMARTS) is 1. The van der Waals surface area contributed by atoms with Crippen molar-refractivity contribution in [1.82, 2.24) is 4.31 Å². The standard InChI is InChI=1S/C13H13ClF3NO4S/c1-7-5-18(6-9(7)12(19)20)23(21,22)11-3-2-8(14)4-10(11)13(15,16)17/h2-4,7,9H,5-6H2,1H3,(H,19,20)/t7-,9-/m1/s1. The molecule has 23 heavy (non-hydrogen) atoms. The molecule has 1 heterocycles. The number of hydrogen-bond acceptors (Lipinski definition) is 3. The van der Waals surface area contributed by atoms with Crippen LogP contribution in [0.4, 0.5) is 13.2 Å². The number of carboxylic acids is 1. The number of halogens is 4. The van der Waals surface area contributed by atoms with Crippen molar-refractivity contribution in [3.05, 3.63) is 28.8 Å². The molecule has 1 aromatic rings. The molecule has 0 unspecified atom stereocenters. The van der Waals surface area contributed by atoms with Gasteiger partial charge in [0.15, 0.2) is 0 Å². The summed E-state index contributed by atoms with van der Waals surface area (Å²) in [4.78, 5) is 10.1. The topological polar surface area (TPSA) is 74.7 Å². The lowest BCUT2D eigenvalue weighted by atomic mass is 9.99. The molecule has 1 aliphatic heterocycles. The highest BCUT2D eigenvalue weighted by Gasteiger charge is 2.44. The van der Waals surface area contributed by atoms with Crippen LogP contribution in [0.5, 0.6) is 0 Å². The Morgan fingerprint density at radius 2 is 1.96 bits per heavy atom. The van der Waals surface area contributed by atoms with E-state index in [-0.39, 0.29) is 18.1 Å². The predicted octanol–water partition coefficient (Wildman–Crippen LogP) is 2.70. The number of aliphatic carboxylic acids is 1. The Kier molecular flexibility index (Phi) is 4.67. The van der Waals surface area contributed by atoms with Gasteiger partial charge < -0.3 is 5.11 Å². The van der Waals surface area contributed by atoms with Crippen molar-refractivity contribution in [2.24, 2.45) is 11.8 Å². The van der Waals surface area contributed by atoms with E-state index >= 15 is 0 Å². The fraction of sp³-hybridized carbons (Fsp3) is 0.462. The minimum Gasteiger partial charge on any atom is -0.481 e. The molecule has 1 saturated heterocycles. The van der Waals surface area contributed by atoms with E-state index in [1.54, 1.807) is 6.92 Å². The zero-order valence-electron chi connectivity index (χ0n) is 11.8. The van der Waals surface area contributed by atoms with Gasteiger partial charge in [0, 0.05) is 18.1 Å². The monoisotopic (exact) mass is 371 g/mol. The van der Waals surface area contributed by atoms with Crippen molar-refractivity contribution in [2.75, 3.05) is 13.1 Å². The highest BCUT2D eigenvalue weighted by atomic mass is 35.5. The molecule has 0 bridgehead atoms. The molecule has 0 amide bonds. The molecule has 1 aliphatic rings. The summed E-state index contributed by atoms with van der Waals surface area (Å²) < 4.78 is 65.1. The molecule has 2 atom stereocenters. The van der Waals surface area contributed by atoms with Gasteiger partial charge >= 0.3 is 12.1 Å². The van der Waals surface area contributed by atoms with Crippen LogP contribution in [0.2, 0.25) is 5.02 Å². The Labute approximate surface area is 135 Å². The number of nitrogens with zero attached hydrogens (tertiary/aromatic N) is 1. The van der Waals surface area contributed by atoms with Gasteiger partial charge in [-0.3, -0.25) is 4.79 Å². The van der Waals surface area contributed by atoms with Crippen molar-refractivity contribution in [2.45, 2.75) is 18.0 Å². The summed E-state index contributed by atoms with van der Waals surface area (Å²) >= 11 is 5.53. The zero-order chi connectivity index (χ0) is 17.6. The maximum atomic E-state index is 13.1. The van der Waals surface area contributed by atoms with Crippen molar-refractivity contribution >= 4 is 27.6 Å². The molecular weight excluding hydrogens is 359 g/mol. The van der Waals surface area contributed by atoms with E-state index in [0.717, 1.165) is 16.4 Å². The first-order chi connectivity index (χ1) is 10.4. The van der Waals surface area contributed by atoms with Gasteiger partial charge in [0.05, 0.1) is 16.4 Å². The highest BCUT2D eigenvalue weighted by molar-refractivity contribution is 7.89. The van der Waals surface area contributed by atoms with Crippen LogP contribution < -0.4 is 0 Å². The minimum atomic E-state index is -4.90. The Morgan fingerprint density at radius 3 is 2.43 bits per heavy atom. The van der Waals surface area contributed by atoms with Crippen LogP contribution in [-0.4, -0.2) is 36.9 Å². The van der Waals surface area contributed by atoms with Gasteiger partial charge in [0.1, 0.15) is 0 Å². The summed E-state index contributed by atoms with van der Waals surface area (Å²) in [5, 5.41) is 8.80. The lowest BCUT2D eigenvalue weighted by Gasteiger charge is -2.20. The largest absolute Gasteiger partial charge is 0.481 e. The Bertz CT molecular complexity index is 735. The maximum absolute atomic E-state index is 13.1. The van der Waals surface area contributed by atoms with Crippen LogP contribution in [0.15, 0.2) is 23.1 Å². The van der Waals surface area contributed by atoms with E-state index in [4.69, 9.17) is 16.7 Å². The van der Waals surface area contributed by atoms with Crippen molar-refractivity contribution in [3.63, 3.8) is 0 Å². The van der Waals surface area contributed by atoms with Gasteiger partial charge in [-0.2, -0.15) is 17.5 Å². The van der Waals surface area contributed by atoms with Crippen molar-refractivity contribution in [1.29, 1.82) is 0 Å². The molecule has 1 fully saturated rings. The number of benzene rings is 1. The first-order valence-corrected chi connectivity index (χ1v) is 8.36. The van der Waals surface area contributed by atoms with Crippen molar-refractivity contribution in [3.8, 4) is 0 Å². The second-order valence-corrected chi connectivity index (χ2v) is 7.73.